The molecule has 0 radical (unpaired) electrons. The number of fused-ring (bicyclic) bond motifs is 1. The molecular formula is C13H17N3O. The Morgan fingerprint density at radius 3 is 2.88 bits per heavy atom. The fraction of sp³-hybridized carbons (Fsp3) is 0.308. The second kappa shape index (κ2) is 5.01. The van der Waals surface area contributed by atoms with Gasteiger partial charge in [-0.05, 0) is 6.07 Å². The van der Waals surface area contributed by atoms with Gasteiger partial charge in [0.2, 0.25) is 0 Å². The van der Waals surface area contributed by atoms with E-state index in [0.29, 0.717) is 12.3 Å². The number of anilines is 2. The summed E-state index contributed by atoms with van der Waals surface area (Å²) in [4.78, 5) is 6.42. The molecule has 0 amide bonds. The Morgan fingerprint density at radius 2 is 2.12 bits per heavy atom. The quantitative estimate of drug-likeness (QED) is 0.873. The number of nitrogen functional groups attached to an aromatic ring is 1. The molecule has 2 N–H and O–H groups in total. The van der Waals surface area contributed by atoms with Crippen molar-refractivity contribution in [1.29, 1.82) is 0 Å². The highest BCUT2D eigenvalue weighted by atomic mass is 16.5. The van der Waals surface area contributed by atoms with Gasteiger partial charge in [-0.3, -0.25) is 4.98 Å². The number of nitrogens with zero attached hydrogens (tertiary/aromatic N) is 2. The molecule has 0 aliphatic carbocycles. The molecule has 17 heavy (non-hydrogen) atoms. The van der Waals surface area contributed by atoms with E-state index in [0.717, 1.165) is 23.1 Å². The molecule has 2 aromatic rings. The molecule has 0 bridgehead atoms. The van der Waals surface area contributed by atoms with Crippen LogP contribution in [-0.2, 0) is 4.74 Å². The van der Waals surface area contributed by atoms with Crippen LogP contribution < -0.4 is 10.6 Å². The fourth-order valence-electron chi connectivity index (χ4n) is 1.91. The van der Waals surface area contributed by atoms with E-state index in [9.17, 15) is 0 Å². The summed E-state index contributed by atoms with van der Waals surface area (Å²) in [5.74, 6) is 0. The lowest BCUT2D eigenvalue weighted by Gasteiger charge is -2.22. The Labute approximate surface area is 101 Å². The first-order valence-corrected chi connectivity index (χ1v) is 5.57. The third-order valence-corrected chi connectivity index (χ3v) is 2.79. The summed E-state index contributed by atoms with van der Waals surface area (Å²) in [6.07, 6.45) is 1.71. The summed E-state index contributed by atoms with van der Waals surface area (Å²) >= 11 is 0. The van der Waals surface area contributed by atoms with Crippen LogP contribution in [0, 0.1) is 0 Å². The fourth-order valence-corrected chi connectivity index (χ4v) is 1.91. The third-order valence-electron chi connectivity index (χ3n) is 2.79. The molecule has 0 saturated heterocycles. The highest BCUT2D eigenvalue weighted by Crippen LogP contribution is 2.30. The molecule has 1 aromatic heterocycles. The Bertz CT molecular complexity index is 513. The number of hydrogen-bond acceptors (Lipinski definition) is 4. The Kier molecular flexibility index (Phi) is 3.44. The molecule has 4 nitrogen and oxygen atoms in total. The third kappa shape index (κ3) is 2.31. The van der Waals surface area contributed by atoms with Gasteiger partial charge < -0.3 is 15.4 Å². The van der Waals surface area contributed by atoms with Gasteiger partial charge in [0.15, 0.2) is 0 Å². The normalized spacial score (nSPS) is 10.7. The van der Waals surface area contributed by atoms with E-state index in [1.165, 1.54) is 0 Å². The Hall–Kier alpha value is -1.81. The summed E-state index contributed by atoms with van der Waals surface area (Å²) in [5.41, 5.74) is 8.69. The van der Waals surface area contributed by atoms with E-state index in [1.54, 1.807) is 13.3 Å². The first-order valence-electron chi connectivity index (χ1n) is 5.57. The van der Waals surface area contributed by atoms with Gasteiger partial charge in [-0.15, -0.1) is 0 Å². The predicted octanol–water partition coefficient (Wildman–Crippen LogP) is 1.90. The van der Waals surface area contributed by atoms with Crippen molar-refractivity contribution in [2.24, 2.45) is 0 Å². The van der Waals surface area contributed by atoms with Gasteiger partial charge in [0, 0.05) is 26.1 Å². The van der Waals surface area contributed by atoms with Crippen LogP contribution in [-0.4, -0.2) is 32.3 Å². The first kappa shape index (κ1) is 11.7. The summed E-state index contributed by atoms with van der Waals surface area (Å²) in [7, 11) is 3.71. The molecule has 0 unspecified atom stereocenters. The van der Waals surface area contributed by atoms with Gasteiger partial charge in [0.1, 0.15) is 0 Å². The van der Waals surface area contributed by atoms with Crippen molar-refractivity contribution in [1.82, 2.24) is 4.98 Å². The van der Waals surface area contributed by atoms with Crippen LogP contribution >= 0.6 is 0 Å². The smallest absolute Gasteiger partial charge is 0.0745 e. The lowest BCUT2D eigenvalue weighted by Crippen LogP contribution is -2.23. The molecule has 1 aromatic carbocycles. The maximum atomic E-state index is 6.01. The number of aromatic nitrogens is 1. The summed E-state index contributed by atoms with van der Waals surface area (Å²) in [5, 5.41) is 1.08. The zero-order valence-corrected chi connectivity index (χ0v) is 10.2. The number of rotatable bonds is 4. The van der Waals surface area contributed by atoms with Crippen molar-refractivity contribution in [2.75, 3.05) is 37.9 Å². The van der Waals surface area contributed by atoms with E-state index >= 15 is 0 Å². The van der Waals surface area contributed by atoms with E-state index in [-0.39, 0.29) is 0 Å². The Morgan fingerprint density at radius 1 is 1.35 bits per heavy atom. The molecule has 0 fully saturated rings. The highest BCUT2D eigenvalue weighted by Gasteiger charge is 2.10. The number of pyridine rings is 1. The summed E-state index contributed by atoms with van der Waals surface area (Å²) < 4.78 is 5.09. The van der Waals surface area contributed by atoms with E-state index in [1.807, 2.05) is 31.3 Å². The predicted molar refractivity (Wildman–Crippen MR) is 71.3 cm³/mol. The van der Waals surface area contributed by atoms with Gasteiger partial charge >= 0.3 is 0 Å². The van der Waals surface area contributed by atoms with Gasteiger partial charge in [-0.2, -0.15) is 0 Å². The van der Waals surface area contributed by atoms with Gasteiger partial charge in [-0.25, -0.2) is 0 Å². The number of ether oxygens (including phenoxy) is 1. The average molecular weight is 231 g/mol. The molecule has 0 aliphatic rings. The number of nitrogens with two attached hydrogens (primary N) is 1. The molecule has 90 valence electrons. The number of para-hydroxylation sites is 1. The molecule has 2 rings (SSSR count). The maximum Gasteiger partial charge on any atom is 0.0745 e. The van der Waals surface area contributed by atoms with Crippen molar-refractivity contribution < 1.29 is 4.74 Å². The standard InChI is InChI=1S/C13H17N3O/c1-16(7-8-17-2)13-10-5-3-4-6-12(10)15-9-11(13)14/h3-6,9H,7-8,14H2,1-2H3. The second-order valence-corrected chi connectivity index (χ2v) is 3.99. The van der Waals surface area contributed by atoms with Crippen LogP contribution in [0.15, 0.2) is 30.5 Å². The van der Waals surface area contributed by atoms with Crippen LogP contribution in [0.2, 0.25) is 0 Å². The topological polar surface area (TPSA) is 51.4 Å². The van der Waals surface area contributed by atoms with Crippen molar-refractivity contribution in [3.8, 4) is 0 Å². The van der Waals surface area contributed by atoms with Crippen LogP contribution in [0.4, 0.5) is 11.4 Å². The summed E-state index contributed by atoms with van der Waals surface area (Å²) in [6, 6.07) is 8.00. The van der Waals surface area contributed by atoms with Crippen molar-refractivity contribution in [3.63, 3.8) is 0 Å². The van der Waals surface area contributed by atoms with Crippen LogP contribution in [0.1, 0.15) is 0 Å². The van der Waals surface area contributed by atoms with E-state index in [2.05, 4.69) is 9.88 Å². The number of likely N-dealkylation sites (N-methyl/N-ethyl adjacent to an activating group) is 1. The minimum absolute atomic E-state index is 0.673. The zero-order chi connectivity index (χ0) is 12.3. The largest absolute Gasteiger partial charge is 0.396 e. The first-order chi connectivity index (χ1) is 8.24. The molecule has 1 heterocycles. The summed E-state index contributed by atoms with van der Waals surface area (Å²) in [6.45, 7) is 1.47. The lowest BCUT2D eigenvalue weighted by molar-refractivity contribution is 0.206. The molecule has 0 aliphatic heterocycles. The van der Waals surface area contributed by atoms with Crippen molar-refractivity contribution in [2.45, 2.75) is 0 Å². The van der Waals surface area contributed by atoms with E-state index in [4.69, 9.17) is 10.5 Å². The molecule has 0 saturated carbocycles. The maximum absolute atomic E-state index is 6.01. The van der Waals surface area contributed by atoms with E-state index < -0.39 is 0 Å². The second-order valence-electron chi connectivity index (χ2n) is 3.99. The highest BCUT2D eigenvalue weighted by molar-refractivity contribution is 5.97. The van der Waals surface area contributed by atoms with Crippen molar-refractivity contribution in [3.05, 3.63) is 30.5 Å². The lowest BCUT2D eigenvalue weighted by atomic mass is 10.1. The van der Waals surface area contributed by atoms with Crippen LogP contribution in [0.25, 0.3) is 10.9 Å². The number of hydrogen-bond donors (Lipinski definition) is 1. The molecule has 0 atom stereocenters. The molecule has 0 spiro atoms. The monoisotopic (exact) mass is 231 g/mol. The van der Waals surface area contributed by atoms with Gasteiger partial charge in [0.05, 0.1) is 29.7 Å². The SMILES string of the molecule is COCCN(C)c1c(N)cnc2ccccc12. The minimum atomic E-state index is 0.673. The molecule has 4 heteroatoms. The number of methoxy groups -OCH3 is 1. The Balaban J connectivity index is 2.47. The molecular weight excluding hydrogens is 214 g/mol. The van der Waals surface area contributed by atoms with Crippen LogP contribution in [0.5, 0.6) is 0 Å². The van der Waals surface area contributed by atoms with Gasteiger partial charge in [0.25, 0.3) is 0 Å². The zero-order valence-electron chi connectivity index (χ0n) is 10.2. The number of benzene rings is 1. The average Bonchev–Trinajstić information content (AvgIpc) is 2.35. The minimum Gasteiger partial charge on any atom is -0.396 e. The van der Waals surface area contributed by atoms with Crippen LogP contribution in [0.3, 0.4) is 0 Å². The van der Waals surface area contributed by atoms with Crippen molar-refractivity contribution >= 4 is 22.3 Å². The van der Waals surface area contributed by atoms with Gasteiger partial charge in [-0.1, -0.05) is 18.2 Å².